The van der Waals surface area contributed by atoms with Crippen LogP contribution in [-0.2, 0) is 9.53 Å². The van der Waals surface area contributed by atoms with Crippen molar-refractivity contribution in [3.63, 3.8) is 0 Å². The van der Waals surface area contributed by atoms with E-state index in [0.717, 1.165) is 0 Å². The van der Waals surface area contributed by atoms with Crippen LogP contribution in [0, 0.1) is 11.3 Å². The molecule has 23 heavy (non-hydrogen) atoms. The normalized spacial score (nSPS) is 22.1. The monoisotopic (exact) mass is 351 g/mol. The van der Waals surface area contributed by atoms with Crippen LogP contribution in [0.2, 0.25) is 0 Å². The number of rotatable bonds is 1. The highest BCUT2D eigenvalue weighted by Crippen LogP contribution is 2.58. The maximum atomic E-state index is 13.1. The summed E-state index contributed by atoms with van der Waals surface area (Å²) in [6, 6.07) is 0. The van der Waals surface area contributed by atoms with Crippen LogP contribution in [-0.4, -0.2) is 53.1 Å². The van der Waals surface area contributed by atoms with E-state index in [0.29, 0.717) is 0 Å². The van der Waals surface area contributed by atoms with Gasteiger partial charge in [-0.1, -0.05) is 0 Å². The van der Waals surface area contributed by atoms with Crippen LogP contribution in [0.1, 0.15) is 20.8 Å². The fraction of sp³-hybridized carbons (Fsp3) is 0.833. The van der Waals surface area contributed by atoms with Crippen molar-refractivity contribution >= 4 is 12.1 Å². The second-order valence-electron chi connectivity index (χ2n) is 6.22. The molecule has 134 valence electrons. The molecular weight excluding hydrogens is 336 g/mol. The number of carbonyl (C=O) groups is 2. The molecule has 0 aromatic rings. The van der Waals surface area contributed by atoms with E-state index in [1.165, 1.54) is 20.8 Å². The van der Waals surface area contributed by atoms with Crippen molar-refractivity contribution in [2.24, 2.45) is 11.3 Å². The van der Waals surface area contributed by atoms with Crippen molar-refractivity contribution in [2.45, 2.75) is 38.7 Å². The Hall–Kier alpha value is -1.68. The van der Waals surface area contributed by atoms with E-state index in [1.807, 2.05) is 0 Å². The molecule has 0 saturated carbocycles. The Morgan fingerprint density at radius 1 is 1.09 bits per heavy atom. The van der Waals surface area contributed by atoms with Crippen molar-refractivity contribution in [1.29, 1.82) is 0 Å². The fourth-order valence-corrected chi connectivity index (χ4v) is 2.34. The van der Waals surface area contributed by atoms with Crippen LogP contribution in [0.25, 0.3) is 0 Å². The van der Waals surface area contributed by atoms with Crippen molar-refractivity contribution < 1.29 is 45.8 Å². The third-order valence-corrected chi connectivity index (χ3v) is 3.40. The fourth-order valence-electron chi connectivity index (χ4n) is 2.34. The Kier molecular flexibility index (Phi) is 4.59. The summed E-state index contributed by atoms with van der Waals surface area (Å²) in [7, 11) is 0. The van der Waals surface area contributed by atoms with Crippen LogP contribution in [0.3, 0.4) is 0 Å². The van der Waals surface area contributed by atoms with Gasteiger partial charge in [-0.25, -0.2) is 4.79 Å². The molecule has 11 heteroatoms. The van der Waals surface area contributed by atoms with Gasteiger partial charge in [0.2, 0.25) is 0 Å². The summed E-state index contributed by atoms with van der Waals surface area (Å²) in [5.74, 6) is -5.15. The Labute approximate surface area is 127 Å². The van der Waals surface area contributed by atoms with E-state index in [2.05, 4.69) is 0 Å². The lowest BCUT2D eigenvalue weighted by Gasteiger charge is -2.36. The summed E-state index contributed by atoms with van der Waals surface area (Å²) >= 11 is 0. The number of carbonyl (C=O) groups excluding carboxylic acids is 1. The summed E-state index contributed by atoms with van der Waals surface area (Å²) < 4.78 is 83.5. The molecule has 1 N–H and O–H groups in total. The van der Waals surface area contributed by atoms with Gasteiger partial charge in [-0.2, -0.15) is 26.3 Å². The minimum atomic E-state index is -5.90. The molecule has 1 atom stereocenters. The van der Waals surface area contributed by atoms with E-state index in [9.17, 15) is 35.9 Å². The first-order valence-electron chi connectivity index (χ1n) is 6.37. The van der Waals surface area contributed by atoms with Gasteiger partial charge in [-0.05, 0) is 20.8 Å². The van der Waals surface area contributed by atoms with Gasteiger partial charge in [-0.15, -0.1) is 0 Å². The zero-order chi connectivity index (χ0) is 18.4. The molecule has 1 aliphatic rings. The highest BCUT2D eigenvalue weighted by molar-refractivity contribution is 5.76. The average Bonchev–Trinajstić information content (AvgIpc) is 2.66. The SMILES string of the molecule is CC(C)(C)OC(=O)N1CC(C(=O)O)C(C(F)(F)F)(C(F)(F)F)C1. The highest BCUT2D eigenvalue weighted by atomic mass is 19.4. The number of hydrogen-bond acceptors (Lipinski definition) is 3. The first-order chi connectivity index (χ1) is 10.0. The standard InChI is InChI=1S/C12H15F6NO4/c1-9(2,3)23-8(22)19-4-6(7(20)21)10(5-19,11(13,14)15)12(16,17)18/h6H,4-5H2,1-3H3,(H,20,21). The Balaban J connectivity index is 3.30. The first kappa shape index (κ1) is 19.4. The van der Waals surface area contributed by atoms with Gasteiger partial charge in [0.05, 0.1) is 5.92 Å². The third-order valence-electron chi connectivity index (χ3n) is 3.40. The predicted molar refractivity (Wildman–Crippen MR) is 63.5 cm³/mol. The number of hydrogen-bond donors (Lipinski definition) is 1. The highest BCUT2D eigenvalue weighted by Gasteiger charge is 2.79. The molecule has 0 radical (unpaired) electrons. The summed E-state index contributed by atoms with van der Waals surface area (Å²) in [5, 5.41) is 8.83. The van der Waals surface area contributed by atoms with Crippen molar-refractivity contribution in [3.8, 4) is 0 Å². The van der Waals surface area contributed by atoms with Gasteiger partial charge in [0.1, 0.15) is 5.60 Å². The summed E-state index contributed by atoms with van der Waals surface area (Å²) in [5.41, 5.74) is -5.69. The lowest BCUT2D eigenvalue weighted by atomic mass is 9.76. The summed E-state index contributed by atoms with van der Waals surface area (Å²) in [4.78, 5) is 22.9. The molecule has 1 aliphatic heterocycles. The van der Waals surface area contributed by atoms with Gasteiger partial charge >= 0.3 is 24.4 Å². The maximum Gasteiger partial charge on any atom is 0.410 e. The van der Waals surface area contributed by atoms with E-state index < -0.39 is 54.4 Å². The van der Waals surface area contributed by atoms with Gasteiger partial charge in [0.15, 0.2) is 5.41 Å². The van der Waals surface area contributed by atoms with Gasteiger partial charge in [0, 0.05) is 13.1 Å². The number of carboxylic acid groups (broad SMARTS) is 1. The zero-order valence-corrected chi connectivity index (χ0v) is 12.4. The number of ether oxygens (including phenoxy) is 1. The van der Waals surface area contributed by atoms with Crippen LogP contribution >= 0.6 is 0 Å². The molecule has 1 amide bonds. The average molecular weight is 351 g/mol. The number of amides is 1. The largest absolute Gasteiger partial charge is 0.481 e. The number of nitrogens with zero attached hydrogens (tertiary/aromatic N) is 1. The van der Waals surface area contributed by atoms with Crippen molar-refractivity contribution in [3.05, 3.63) is 0 Å². The van der Waals surface area contributed by atoms with E-state index in [4.69, 9.17) is 9.84 Å². The topological polar surface area (TPSA) is 66.8 Å². The molecule has 0 bridgehead atoms. The second-order valence-corrected chi connectivity index (χ2v) is 6.22. The Morgan fingerprint density at radius 2 is 1.52 bits per heavy atom. The van der Waals surface area contributed by atoms with Crippen molar-refractivity contribution in [1.82, 2.24) is 4.90 Å². The summed E-state index contributed by atoms with van der Waals surface area (Å²) in [6.07, 6.45) is -13.2. The minimum Gasteiger partial charge on any atom is -0.481 e. The second kappa shape index (κ2) is 5.45. The minimum absolute atomic E-state index is 0.130. The summed E-state index contributed by atoms with van der Waals surface area (Å²) in [6.45, 7) is 1.01. The molecule has 0 aliphatic carbocycles. The number of aliphatic carboxylic acids is 1. The quantitative estimate of drug-likeness (QED) is 0.738. The molecule has 0 aromatic carbocycles. The van der Waals surface area contributed by atoms with Gasteiger partial charge in [-0.3, -0.25) is 4.79 Å². The van der Waals surface area contributed by atoms with Crippen LogP contribution in [0.4, 0.5) is 31.1 Å². The lowest BCUT2D eigenvalue weighted by molar-refractivity contribution is -0.346. The van der Waals surface area contributed by atoms with Gasteiger partial charge < -0.3 is 14.7 Å². The molecule has 0 spiro atoms. The molecule has 1 unspecified atom stereocenters. The Morgan fingerprint density at radius 3 is 1.78 bits per heavy atom. The number of likely N-dealkylation sites (tertiary alicyclic amines) is 1. The molecule has 5 nitrogen and oxygen atoms in total. The number of alkyl halides is 6. The van der Waals surface area contributed by atoms with E-state index >= 15 is 0 Å². The smallest absolute Gasteiger partial charge is 0.410 e. The molecular formula is C12H15F6NO4. The van der Waals surface area contributed by atoms with Crippen LogP contribution in [0.5, 0.6) is 0 Å². The predicted octanol–water partition coefficient (Wildman–Crippen LogP) is 3.05. The third kappa shape index (κ3) is 3.47. The maximum absolute atomic E-state index is 13.1. The van der Waals surface area contributed by atoms with E-state index in [-0.39, 0.29) is 4.90 Å². The van der Waals surface area contributed by atoms with Crippen molar-refractivity contribution in [2.75, 3.05) is 13.1 Å². The Bertz CT molecular complexity index is 479. The zero-order valence-electron chi connectivity index (χ0n) is 12.4. The van der Waals surface area contributed by atoms with Crippen LogP contribution < -0.4 is 0 Å². The van der Waals surface area contributed by atoms with Gasteiger partial charge in [0.25, 0.3) is 0 Å². The molecule has 1 saturated heterocycles. The first-order valence-corrected chi connectivity index (χ1v) is 6.37. The van der Waals surface area contributed by atoms with E-state index in [1.54, 1.807) is 0 Å². The molecule has 0 aromatic heterocycles. The molecule has 1 rings (SSSR count). The van der Waals surface area contributed by atoms with Crippen LogP contribution in [0.15, 0.2) is 0 Å². The lowest BCUT2D eigenvalue weighted by Crippen LogP contribution is -2.57. The number of carboxylic acids is 1. The number of halogens is 6. The molecule has 1 fully saturated rings. The molecule has 1 heterocycles.